The number of hydrogen-bond donors (Lipinski definition) is 1. The molecule has 1 saturated heterocycles. The number of hydrogen-bond acceptors (Lipinski definition) is 5. The van der Waals surface area contributed by atoms with Crippen LogP contribution in [0.25, 0.3) is 0 Å². The molecule has 0 spiro atoms. The van der Waals surface area contributed by atoms with Gasteiger partial charge in [-0.05, 0) is 24.8 Å². The van der Waals surface area contributed by atoms with Crippen molar-refractivity contribution in [2.24, 2.45) is 5.92 Å². The van der Waals surface area contributed by atoms with Crippen LogP contribution in [0.3, 0.4) is 0 Å². The second-order valence-corrected chi connectivity index (χ2v) is 6.45. The summed E-state index contributed by atoms with van der Waals surface area (Å²) in [6.45, 7) is 4.63. The number of nitrogens with zero attached hydrogens (tertiary/aromatic N) is 3. The highest BCUT2D eigenvalue weighted by molar-refractivity contribution is 5.92. The summed E-state index contributed by atoms with van der Waals surface area (Å²) in [6, 6.07) is 7.61. The van der Waals surface area contributed by atoms with E-state index in [-0.39, 0.29) is 5.91 Å². The number of rotatable bonds is 5. The summed E-state index contributed by atoms with van der Waals surface area (Å²) < 4.78 is 5.29. The Labute approximate surface area is 148 Å². The number of benzene rings is 1. The number of nitrogens with one attached hydrogen (secondary N) is 1. The third-order valence-corrected chi connectivity index (χ3v) is 4.48. The van der Waals surface area contributed by atoms with Crippen LogP contribution in [0.15, 0.2) is 36.7 Å². The van der Waals surface area contributed by atoms with Crippen LogP contribution in [0, 0.1) is 5.92 Å². The maximum Gasteiger partial charge on any atom is 0.271 e. The first-order valence-electron chi connectivity index (χ1n) is 8.64. The Morgan fingerprint density at radius 1 is 1.32 bits per heavy atom. The Morgan fingerprint density at radius 3 is 2.88 bits per heavy atom. The number of anilines is 1. The lowest BCUT2D eigenvalue weighted by molar-refractivity contribution is 0.0945. The number of ether oxygens (including phenoxy) is 1. The van der Waals surface area contributed by atoms with Crippen LogP contribution in [-0.2, 0) is 6.54 Å². The van der Waals surface area contributed by atoms with Gasteiger partial charge in [0.25, 0.3) is 5.91 Å². The first-order valence-corrected chi connectivity index (χ1v) is 8.64. The third kappa shape index (κ3) is 4.26. The average Bonchev–Trinajstić information content (AvgIpc) is 2.66. The van der Waals surface area contributed by atoms with Crippen molar-refractivity contribution in [1.29, 1.82) is 0 Å². The van der Waals surface area contributed by atoms with Crippen molar-refractivity contribution < 1.29 is 9.53 Å². The Bertz CT molecular complexity index is 718. The lowest BCUT2D eigenvalue weighted by Crippen LogP contribution is -2.35. The Hall–Kier alpha value is -2.63. The summed E-state index contributed by atoms with van der Waals surface area (Å²) >= 11 is 0. The standard InChI is InChI=1S/C19H24N4O2/c1-14-6-5-9-23(13-14)18-12-20-16(11-21-18)19(24)22-10-15-7-3-4-8-17(15)25-2/h3-4,7-8,11-12,14H,5-6,9-10,13H2,1-2H3,(H,22,24). The molecule has 1 amide bonds. The van der Waals surface area contributed by atoms with Crippen LogP contribution < -0.4 is 15.0 Å². The number of para-hydroxylation sites is 1. The summed E-state index contributed by atoms with van der Waals surface area (Å²) in [5, 5.41) is 2.86. The van der Waals surface area contributed by atoms with Crippen molar-refractivity contribution in [3.63, 3.8) is 0 Å². The zero-order valence-corrected chi connectivity index (χ0v) is 14.7. The molecule has 0 aliphatic carbocycles. The van der Waals surface area contributed by atoms with Crippen LogP contribution in [0.4, 0.5) is 5.82 Å². The van der Waals surface area contributed by atoms with E-state index in [0.717, 1.165) is 30.2 Å². The minimum atomic E-state index is -0.239. The fourth-order valence-corrected chi connectivity index (χ4v) is 3.11. The third-order valence-electron chi connectivity index (χ3n) is 4.48. The molecule has 1 N–H and O–H groups in total. The van der Waals surface area contributed by atoms with E-state index in [1.165, 1.54) is 12.8 Å². The van der Waals surface area contributed by atoms with Crippen molar-refractivity contribution in [3.05, 3.63) is 47.9 Å². The highest BCUT2D eigenvalue weighted by Gasteiger charge is 2.18. The van der Waals surface area contributed by atoms with Gasteiger partial charge in [-0.25, -0.2) is 9.97 Å². The molecule has 3 rings (SSSR count). The predicted octanol–water partition coefficient (Wildman–Crippen LogP) is 2.65. The van der Waals surface area contributed by atoms with Crippen molar-refractivity contribution in [2.45, 2.75) is 26.3 Å². The van der Waals surface area contributed by atoms with E-state index >= 15 is 0 Å². The molecule has 1 aliphatic rings. The van der Waals surface area contributed by atoms with Crippen molar-refractivity contribution in [1.82, 2.24) is 15.3 Å². The largest absolute Gasteiger partial charge is 0.496 e. The van der Waals surface area contributed by atoms with Crippen molar-refractivity contribution >= 4 is 11.7 Å². The number of methoxy groups -OCH3 is 1. The second-order valence-electron chi connectivity index (χ2n) is 6.45. The van der Waals surface area contributed by atoms with Crippen LogP contribution in [0.1, 0.15) is 35.8 Å². The molecule has 6 nitrogen and oxygen atoms in total. The molecule has 1 atom stereocenters. The Kier molecular flexibility index (Phi) is 5.48. The molecule has 2 aromatic rings. The van der Waals surface area contributed by atoms with E-state index < -0.39 is 0 Å². The van der Waals surface area contributed by atoms with Gasteiger partial charge >= 0.3 is 0 Å². The van der Waals surface area contributed by atoms with Gasteiger partial charge in [-0.1, -0.05) is 25.1 Å². The van der Waals surface area contributed by atoms with E-state index in [9.17, 15) is 4.79 Å². The molecule has 1 aromatic heterocycles. The molecule has 1 unspecified atom stereocenters. The molecule has 1 aliphatic heterocycles. The van der Waals surface area contributed by atoms with Crippen LogP contribution in [0.2, 0.25) is 0 Å². The number of carbonyl (C=O) groups is 1. The molecular weight excluding hydrogens is 316 g/mol. The Balaban J connectivity index is 1.61. The molecule has 2 heterocycles. The first-order chi connectivity index (χ1) is 12.2. The zero-order valence-electron chi connectivity index (χ0n) is 14.7. The van der Waals surface area contributed by atoms with E-state index in [1.54, 1.807) is 19.5 Å². The zero-order chi connectivity index (χ0) is 17.6. The van der Waals surface area contributed by atoms with Gasteiger partial charge in [0.15, 0.2) is 0 Å². The Morgan fingerprint density at radius 2 is 2.16 bits per heavy atom. The van der Waals surface area contributed by atoms with Gasteiger partial charge in [-0.2, -0.15) is 0 Å². The summed E-state index contributed by atoms with van der Waals surface area (Å²) in [5.74, 6) is 2.02. The smallest absolute Gasteiger partial charge is 0.271 e. The molecule has 1 aromatic carbocycles. The lowest BCUT2D eigenvalue weighted by atomic mass is 10.0. The second kappa shape index (κ2) is 7.96. The van der Waals surface area contributed by atoms with Gasteiger partial charge in [0, 0.05) is 25.2 Å². The van der Waals surface area contributed by atoms with Gasteiger partial charge in [0.05, 0.1) is 19.5 Å². The van der Waals surface area contributed by atoms with Gasteiger partial charge in [0.1, 0.15) is 17.3 Å². The van der Waals surface area contributed by atoms with Gasteiger partial charge in [0.2, 0.25) is 0 Å². The molecule has 132 valence electrons. The minimum absolute atomic E-state index is 0.239. The predicted molar refractivity (Wildman–Crippen MR) is 96.8 cm³/mol. The fraction of sp³-hybridized carbons (Fsp3) is 0.421. The number of piperidine rings is 1. The number of amides is 1. The maximum absolute atomic E-state index is 12.3. The van der Waals surface area contributed by atoms with E-state index in [2.05, 4.69) is 27.1 Å². The van der Waals surface area contributed by atoms with Gasteiger partial charge < -0.3 is 15.0 Å². The quantitative estimate of drug-likeness (QED) is 0.906. The number of aromatic nitrogens is 2. The summed E-state index contributed by atoms with van der Waals surface area (Å²) in [5.41, 5.74) is 1.24. The van der Waals surface area contributed by atoms with Gasteiger partial charge in [-0.15, -0.1) is 0 Å². The highest BCUT2D eigenvalue weighted by atomic mass is 16.5. The molecule has 1 fully saturated rings. The van der Waals surface area contributed by atoms with Crippen LogP contribution >= 0.6 is 0 Å². The molecule has 0 saturated carbocycles. The van der Waals surface area contributed by atoms with Crippen LogP contribution in [0.5, 0.6) is 5.75 Å². The summed E-state index contributed by atoms with van der Waals surface area (Å²) in [6.07, 6.45) is 5.67. The fourth-order valence-electron chi connectivity index (χ4n) is 3.11. The summed E-state index contributed by atoms with van der Waals surface area (Å²) in [4.78, 5) is 23.2. The SMILES string of the molecule is COc1ccccc1CNC(=O)c1cnc(N2CCCC(C)C2)cn1. The minimum Gasteiger partial charge on any atom is -0.496 e. The maximum atomic E-state index is 12.3. The van der Waals surface area contributed by atoms with E-state index in [0.29, 0.717) is 18.2 Å². The van der Waals surface area contributed by atoms with Crippen molar-refractivity contribution in [3.8, 4) is 5.75 Å². The lowest BCUT2D eigenvalue weighted by Gasteiger charge is -2.31. The highest BCUT2D eigenvalue weighted by Crippen LogP contribution is 2.20. The topological polar surface area (TPSA) is 67.3 Å². The molecule has 6 heteroatoms. The summed E-state index contributed by atoms with van der Waals surface area (Å²) in [7, 11) is 1.62. The molecule has 0 bridgehead atoms. The molecule has 0 radical (unpaired) electrons. The molecular formula is C19H24N4O2. The normalized spacial score (nSPS) is 17.2. The molecule has 25 heavy (non-hydrogen) atoms. The average molecular weight is 340 g/mol. The van der Waals surface area contributed by atoms with E-state index in [4.69, 9.17) is 4.74 Å². The van der Waals surface area contributed by atoms with Gasteiger partial charge in [-0.3, -0.25) is 4.79 Å². The van der Waals surface area contributed by atoms with Crippen molar-refractivity contribution in [2.75, 3.05) is 25.1 Å². The van der Waals surface area contributed by atoms with E-state index in [1.807, 2.05) is 24.3 Å². The van der Waals surface area contributed by atoms with Crippen LogP contribution in [-0.4, -0.2) is 36.1 Å². The monoisotopic (exact) mass is 340 g/mol. The first kappa shape index (κ1) is 17.2. The number of carbonyl (C=O) groups excluding carboxylic acids is 1.